The van der Waals surface area contributed by atoms with Crippen molar-refractivity contribution in [3.05, 3.63) is 11.4 Å². The number of ether oxygens (including phenoxy) is 1. The highest BCUT2D eigenvalue weighted by atomic mass is 16.5. The van der Waals surface area contributed by atoms with Crippen LogP contribution < -0.4 is 22.1 Å². The van der Waals surface area contributed by atoms with E-state index in [2.05, 4.69) is 26.3 Å². The maximum atomic E-state index is 12.7. The zero-order valence-corrected chi connectivity index (χ0v) is 22.5. The molecule has 3 amide bonds. The Hall–Kier alpha value is -4.24. The third kappa shape index (κ3) is 11.8. The Morgan fingerprint density at radius 3 is 1.56 bits per heavy atom. The van der Waals surface area contributed by atoms with E-state index >= 15 is 0 Å². The van der Waals surface area contributed by atoms with E-state index in [9.17, 15) is 39.0 Å². The molecule has 0 unspecified atom stereocenters. The molecule has 1 saturated heterocycles. The summed E-state index contributed by atoms with van der Waals surface area (Å²) in [5.74, 6) is 0.0350. The summed E-state index contributed by atoms with van der Waals surface area (Å²) in [7, 11) is 1.25. The van der Waals surface area contributed by atoms with Gasteiger partial charge in [0.15, 0.2) is 11.4 Å². The minimum absolute atomic E-state index is 0.0605. The molecule has 8 N–H and O–H groups in total. The molecule has 0 spiro atoms. The van der Waals surface area contributed by atoms with E-state index in [1.165, 1.54) is 7.11 Å². The number of carboxylic acid groups (broad SMARTS) is 2. The van der Waals surface area contributed by atoms with Crippen LogP contribution in [-0.4, -0.2) is 166 Å². The summed E-state index contributed by atoms with van der Waals surface area (Å²) in [6.07, 6.45) is 0. The molecular formula is C21H35N11O9. The number of aliphatic carboxylic acids is 2. The van der Waals surface area contributed by atoms with Crippen LogP contribution in [0.25, 0.3) is 0 Å². The lowest BCUT2D eigenvalue weighted by Crippen LogP contribution is -2.51. The van der Waals surface area contributed by atoms with Crippen molar-refractivity contribution in [1.82, 2.24) is 51.3 Å². The Bertz CT molecular complexity index is 1080. The topological polar surface area (TPSA) is 269 Å². The Morgan fingerprint density at radius 1 is 0.732 bits per heavy atom. The van der Waals surface area contributed by atoms with Crippen molar-refractivity contribution in [2.75, 3.05) is 85.6 Å². The summed E-state index contributed by atoms with van der Waals surface area (Å²) in [5.41, 5.74) is 5.40. The van der Waals surface area contributed by atoms with E-state index in [1.54, 1.807) is 19.6 Å². The number of nitrogen functional groups attached to an aromatic ring is 1. The van der Waals surface area contributed by atoms with Gasteiger partial charge in [0.25, 0.3) is 17.7 Å². The molecule has 0 radical (unpaired) electrons. The second-order valence-corrected chi connectivity index (χ2v) is 8.96. The molecule has 0 aliphatic carbocycles. The molecule has 0 saturated carbocycles. The summed E-state index contributed by atoms with van der Waals surface area (Å²) >= 11 is 0. The van der Waals surface area contributed by atoms with Gasteiger partial charge >= 0.3 is 17.9 Å². The number of hydrazine groups is 2. The quantitative estimate of drug-likeness (QED) is 0.0585. The molecule has 0 atom stereocenters. The molecule has 1 aliphatic rings. The highest BCUT2D eigenvalue weighted by Crippen LogP contribution is 2.03. The maximum absolute atomic E-state index is 12.7. The van der Waals surface area contributed by atoms with Gasteiger partial charge in [-0.2, -0.15) is 5.21 Å². The second kappa shape index (κ2) is 16.8. The minimum atomic E-state index is -1.06. The highest BCUT2D eigenvalue weighted by molar-refractivity contribution is 6.04. The summed E-state index contributed by atoms with van der Waals surface area (Å²) in [5, 5.41) is 27.8. The molecule has 1 fully saturated rings. The van der Waals surface area contributed by atoms with Gasteiger partial charge in [0.1, 0.15) is 0 Å². The molecule has 20 heteroatoms. The van der Waals surface area contributed by atoms with Crippen LogP contribution in [0.3, 0.4) is 0 Å². The predicted molar refractivity (Wildman–Crippen MR) is 137 cm³/mol. The van der Waals surface area contributed by atoms with E-state index in [0.717, 1.165) is 0 Å². The van der Waals surface area contributed by atoms with Gasteiger partial charge in [-0.1, -0.05) is 0 Å². The number of nitrogens with one attached hydrogen (secondary N) is 4. The molecule has 0 aromatic carbocycles. The van der Waals surface area contributed by atoms with Crippen molar-refractivity contribution < 1.29 is 43.7 Å². The monoisotopic (exact) mass is 585 g/mol. The first kappa shape index (κ1) is 33.0. The number of hydrogen-bond donors (Lipinski definition) is 7. The van der Waals surface area contributed by atoms with E-state index < -0.39 is 41.3 Å². The smallest absolute Gasteiger partial charge is 0.319 e. The summed E-state index contributed by atoms with van der Waals surface area (Å²) in [6.45, 7) is 1.35. The number of hydrogen-bond acceptors (Lipinski definition) is 14. The van der Waals surface area contributed by atoms with Crippen molar-refractivity contribution in [2.45, 2.75) is 0 Å². The number of aromatic nitrogens is 3. The van der Waals surface area contributed by atoms with E-state index in [1.807, 2.05) is 5.43 Å². The Kier molecular flexibility index (Phi) is 13.5. The number of rotatable bonds is 10. The first-order chi connectivity index (χ1) is 19.5. The first-order valence-corrected chi connectivity index (χ1v) is 12.4. The van der Waals surface area contributed by atoms with Crippen LogP contribution in [0.1, 0.15) is 21.0 Å². The van der Waals surface area contributed by atoms with Gasteiger partial charge < -0.3 is 14.9 Å². The van der Waals surface area contributed by atoms with E-state index in [0.29, 0.717) is 19.6 Å². The standard InChI is InChI=1S/C21H35N11O9/c1-41-17(38)13-32-8-3-29(2-4-30(11-15(34)35)5-6-31(7-9-32)12-16(36)37)10-14(33)24-27-21(40)19-18(20(39)23-22)25-28-26-19/h2-13,22H2,1H3,(H,23,39)(H,24,33)(H,27,40)(H,34,35)(H,36,37)(H,25,26,28). The normalized spacial score (nSPS) is 16.5. The molecule has 1 aromatic heterocycles. The first-order valence-electron chi connectivity index (χ1n) is 12.4. The Balaban J connectivity index is 2.10. The van der Waals surface area contributed by atoms with Crippen molar-refractivity contribution >= 4 is 35.6 Å². The van der Waals surface area contributed by atoms with Crippen molar-refractivity contribution in [1.29, 1.82) is 0 Å². The number of H-pyrrole nitrogens is 1. The molecule has 228 valence electrons. The van der Waals surface area contributed by atoms with Crippen LogP contribution in [0.2, 0.25) is 0 Å². The number of aromatic amines is 1. The number of carboxylic acids is 2. The lowest BCUT2D eigenvalue weighted by atomic mass is 10.3. The van der Waals surface area contributed by atoms with Gasteiger partial charge in [0.05, 0.1) is 33.3 Å². The summed E-state index contributed by atoms with van der Waals surface area (Å²) in [4.78, 5) is 78.2. The van der Waals surface area contributed by atoms with Crippen LogP contribution in [0.5, 0.6) is 0 Å². The number of carbonyl (C=O) groups is 6. The summed E-state index contributed by atoms with van der Waals surface area (Å²) in [6, 6.07) is 0. The van der Waals surface area contributed by atoms with Crippen molar-refractivity contribution in [3.63, 3.8) is 0 Å². The van der Waals surface area contributed by atoms with Gasteiger partial charge in [-0.25, -0.2) is 5.84 Å². The number of esters is 1. The van der Waals surface area contributed by atoms with Gasteiger partial charge in [-0.3, -0.25) is 64.6 Å². The zero-order chi connectivity index (χ0) is 30.4. The number of nitrogens with zero attached hydrogens (tertiary/aromatic N) is 6. The zero-order valence-electron chi connectivity index (χ0n) is 22.5. The van der Waals surface area contributed by atoms with Crippen LogP contribution in [0.15, 0.2) is 0 Å². The molecule has 2 heterocycles. The van der Waals surface area contributed by atoms with Gasteiger partial charge in [0, 0.05) is 52.4 Å². The van der Waals surface area contributed by atoms with Crippen LogP contribution in [0.4, 0.5) is 0 Å². The maximum Gasteiger partial charge on any atom is 0.319 e. The van der Waals surface area contributed by atoms with Crippen LogP contribution in [0, 0.1) is 0 Å². The van der Waals surface area contributed by atoms with Crippen molar-refractivity contribution in [3.8, 4) is 0 Å². The average molecular weight is 586 g/mol. The van der Waals surface area contributed by atoms with Gasteiger partial charge in [-0.15, -0.1) is 10.2 Å². The molecular weight excluding hydrogens is 550 g/mol. The fraction of sp³-hybridized carbons (Fsp3) is 0.619. The second-order valence-electron chi connectivity index (χ2n) is 8.96. The largest absolute Gasteiger partial charge is 0.480 e. The summed E-state index contributed by atoms with van der Waals surface area (Å²) < 4.78 is 4.76. The Labute approximate surface area is 234 Å². The van der Waals surface area contributed by atoms with E-state index in [4.69, 9.17) is 10.6 Å². The number of methoxy groups -OCH3 is 1. The number of amides is 3. The number of carbonyl (C=O) groups excluding carboxylic acids is 4. The molecule has 0 bridgehead atoms. The lowest BCUT2D eigenvalue weighted by Gasteiger charge is -2.33. The van der Waals surface area contributed by atoms with Crippen LogP contribution in [-0.2, 0) is 23.9 Å². The lowest BCUT2D eigenvalue weighted by molar-refractivity contribution is -0.142. The molecule has 20 nitrogen and oxygen atoms in total. The van der Waals surface area contributed by atoms with E-state index in [-0.39, 0.29) is 64.6 Å². The highest BCUT2D eigenvalue weighted by Gasteiger charge is 2.24. The fourth-order valence-corrected chi connectivity index (χ4v) is 3.88. The average Bonchev–Trinajstić information content (AvgIpc) is 3.42. The molecule has 1 aromatic rings. The predicted octanol–water partition coefficient (Wildman–Crippen LogP) is -5.27. The molecule has 1 aliphatic heterocycles. The van der Waals surface area contributed by atoms with Crippen LogP contribution >= 0.6 is 0 Å². The van der Waals surface area contributed by atoms with Gasteiger partial charge in [-0.05, 0) is 0 Å². The molecule has 41 heavy (non-hydrogen) atoms. The minimum Gasteiger partial charge on any atom is -0.480 e. The fourth-order valence-electron chi connectivity index (χ4n) is 3.88. The Morgan fingerprint density at radius 2 is 1.15 bits per heavy atom. The third-order valence-electron chi connectivity index (χ3n) is 6.02. The van der Waals surface area contributed by atoms with Gasteiger partial charge in [0.2, 0.25) is 0 Å². The SMILES string of the molecule is COC(=O)CN1CCN(CC(=O)O)CCN(CC(=O)O)CCN(CC(=O)NNC(=O)c2n[nH]nc2C(=O)NN)CC1. The van der Waals surface area contributed by atoms with Crippen molar-refractivity contribution in [2.24, 2.45) is 5.84 Å². The molecule has 2 rings (SSSR count). The number of nitrogens with two attached hydrogens (primary N) is 1. The third-order valence-corrected chi connectivity index (χ3v) is 6.02.